The van der Waals surface area contributed by atoms with Gasteiger partial charge in [0.1, 0.15) is 17.3 Å². The van der Waals surface area contributed by atoms with E-state index in [-0.39, 0.29) is 29.4 Å². The van der Waals surface area contributed by atoms with Crippen molar-refractivity contribution in [3.63, 3.8) is 0 Å². The number of fused-ring (bicyclic) bond motifs is 2. The molecule has 0 radical (unpaired) electrons. The van der Waals surface area contributed by atoms with E-state index < -0.39 is 10.0 Å². The number of sulfonamides is 1. The maximum atomic E-state index is 13.0. The Morgan fingerprint density at radius 3 is 2.96 bits per heavy atom. The van der Waals surface area contributed by atoms with E-state index in [1.54, 1.807) is 35.1 Å². The van der Waals surface area contributed by atoms with Crippen LogP contribution in [0.5, 0.6) is 5.75 Å². The number of carbonyl (C=O) groups is 1. The summed E-state index contributed by atoms with van der Waals surface area (Å²) in [4.78, 5) is 12.4. The molecule has 144 valence electrons. The number of nitrogens with one attached hydrogen (secondary N) is 1. The van der Waals surface area contributed by atoms with E-state index in [2.05, 4.69) is 10.4 Å². The van der Waals surface area contributed by atoms with E-state index in [4.69, 9.17) is 4.74 Å². The largest absolute Gasteiger partial charge is 0.490 e. The third kappa shape index (κ3) is 3.70. The summed E-state index contributed by atoms with van der Waals surface area (Å²) in [5.74, 6) is 0.328. The first-order chi connectivity index (χ1) is 13.0. The van der Waals surface area contributed by atoms with Crippen LogP contribution in [-0.2, 0) is 21.4 Å². The molecule has 1 N–H and O–H groups in total. The van der Waals surface area contributed by atoms with Gasteiger partial charge in [0, 0.05) is 37.9 Å². The number of amides is 1. The monoisotopic (exact) mass is 390 g/mol. The molecule has 4 rings (SSSR count). The van der Waals surface area contributed by atoms with E-state index in [0.717, 1.165) is 0 Å². The van der Waals surface area contributed by atoms with Gasteiger partial charge in [0.2, 0.25) is 15.9 Å². The number of rotatable bonds is 5. The second kappa shape index (κ2) is 7.32. The molecule has 2 atom stereocenters. The Morgan fingerprint density at radius 2 is 2.15 bits per heavy atom. The lowest BCUT2D eigenvalue weighted by Crippen LogP contribution is -2.39. The van der Waals surface area contributed by atoms with Crippen molar-refractivity contribution in [1.29, 1.82) is 0 Å². The highest BCUT2D eigenvalue weighted by Crippen LogP contribution is 2.35. The molecular weight excluding hydrogens is 368 g/mol. The lowest BCUT2D eigenvalue weighted by molar-refractivity contribution is -0.121. The summed E-state index contributed by atoms with van der Waals surface area (Å²) < 4.78 is 34.9. The van der Waals surface area contributed by atoms with Crippen molar-refractivity contribution in [2.45, 2.75) is 42.8 Å². The third-order valence-electron chi connectivity index (χ3n) is 4.95. The van der Waals surface area contributed by atoms with E-state index in [1.165, 1.54) is 4.31 Å². The molecule has 1 fully saturated rings. The summed E-state index contributed by atoms with van der Waals surface area (Å²) in [6, 6.07) is 8.07. The number of ether oxygens (including phenoxy) is 1. The standard InChI is InChI=1S/C18H22N4O4S/c23-18(7-3-9-21-10-4-8-19-21)20-14-11-15-13-26-16-5-1-2-6-17(16)27(24,25)22(15)12-14/h1-2,4-6,8,10,14-15H,3,7,9,11-13H2,(H,20,23)/t14-,15-/m0/s1. The predicted octanol–water partition coefficient (Wildman–Crippen LogP) is 1.00. The second-order valence-corrected chi connectivity index (χ2v) is 8.72. The SMILES string of the molecule is O=C(CCCn1cccn1)N[C@H]1C[C@H]2COc3ccccc3S(=O)(=O)N2C1. The Balaban J connectivity index is 1.36. The van der Waals surface area contributed by atoms with Crippen molar-refractivity contribution in [1.82, 2.24) is 19.4 Å². The minimum absolute atomic E-state index is 0.0662. The maximum Gasteiger partial charge on any atom is 0.247 e. The quantitative estimate of drug-likeness (QED) is 0.822. The van der Waals surface area contributed by atoms with Gasteiger partial charge in [-0.15, -0.1) is 0 Å². The summed E-state index contributed by atoms with van der Waals surface area (Å²) in [5, 5.41) is 7.07. The van der Waals surface area contributed by atoms with Crippen LogP contribution in [0.15, 0.2) is 47.6 Å². The van der Waals surface area contributed by atoms with Crippen LogP contribution in [0.2, 0.25) is 0 Å². The minimum Gasteiger partial charge on any atom is -0.490 e. The third-order valence-corrected chi connectivity index (χ3v) is 6.90. The molecule has 2 aromatic rings. The van der Waals surface area contributed by atoms with Gasteiger partial charge in [0.15, 0.2) is 0 Å². The molecule has 8 nitrogen and oxygen atoms in total. The van der Waals surface area contributed by atoms with Crippen LogP contribution >= 0.6 is 0 Å². The first kappa shape index (κ1) is 18.0. The highest BCUT2D eigenvalue weighted by Gasteiger charge is 2.43. The zero-order chi connectivity index (χ0) is 18.9. The Kier molecular flexibility index (Phi) is 4.88. The number of hydrogen-bond donors (Lipinski definition) is 1. The number of para-hydroxylation sites is 1. The maximum absolute atomic E-state index is 13.0. The van der Waals surface area contributed by atoms with Crippen LogP contribution in [0.25, 0.3) is 0 Å². The summed E-state index contributed by atoms with van der Waals surface area (Å²) in [5.41, 5.74) is 0. The van der Waals surface area contributed by atoms with Crippen molar-refractivity contribution in [2.24, 2.45) is 0 Å². The smallest absolute Gasteiger partial charge is 0.247 e. The number of aryl methyl sites for hydroxylation is 1. The normalized spacial score (nSPS) is 23.7. The second-order valence-electron chi connectivity index (χ2n) is 6.86. The number of hydrogen-bond acceptors (Lipinski definition) is 5. The molecule has 1 aromatic heterocycles. The summed E-state index contributed by atoms with van der Waals surface area (Å²) in [6.07, 6.45) is 5.18. The lowest BCUT2D eigenvalue weighted by Gasteiger charge is -2.19. The Hall–Kier alpha value is -2.39. The Labute approximate surface area is 158 Å². The average molecular weight is 390 g/mol. The zero-order valence-electron chi connectivity index (χ0n) is 14.8. The number of nitrogens with zero attached hydrogens (tertiary/aromatic N) is 3. The Morgan fingerprint density at radius 1 is 1.30 bits per heavy atom. The molecule has 1 aromatic carbocycles. The zero-order valence-corrected chi connectivity index (χ0v) is 15.6. The number of carbonyl (C=O) groups excluding carboxylic acids is 1. The molecule has 1 saturated heterocycles. The van der Waals surface area contributed by atoms with Crippen molar-refractivity contribution < 1.29 is 17.9 Å². The van der Waals surface area contributed by atoms with Gasteiger partial charge in [-0.05, 0) is 31.0 Å². The van der Waals surface area contributed by atoms with E-state index >= 15 is 0 Å². The van der Waals surface area contributed by atoms with Gasteiger partial charge < -0.3 is 10.1 Å². The molecule has 0 aliphatic carbocycles. The van der Waals surface area contributed by atoms with Crippen LogP contribution in [0.4, 0.5) is 0 Å². The molecule has 2 aliphatic heterocycles. The van der Waals surface area contributed by atoms with Gasteiger partial charge in [-0.25, -0.2) is 8.42 Å². The van der Waals surface area contributed by atoms with Gasteiger partial charge in [0.25, 0.3) is 0 Å². The summed E-state index contributed by atoms with van der Waals surface area (Å²) in [7, 11) is -3.63. The van der Waals surface area contributed by atoms with Crippen molar-refractivity contribution >= 4 is 15.9 Å². The first-order valence-electron chi connectivity index (χ1n) is 9.04. The van der Waals surface area contributed by atoms with Crippen molar-refractivity contribution in [3.8, 4) is 5.75 Å². The minimum atomic E-state index is -3.63. The van der Waals surface area contributed by atoms with Gasteiger partial charge in [-0.2, -0.15) is 9.40 Å². The first-order valence-corrected chi connectivity index (χ1v) is 10.5. The highest BCUT2D eigenvalue weighted by atomic mass is 32.2. The fourth-order valence-electron chi connectivity index (χ4n) is 3.67. The molecule has 27 heavy (non-hydrogen) atoms. The van der Waals surface area contributed by atoms with Gasteiger partial charge in [-0.3, -0.25) is 9.48 Å². The molecule has 0 saturated carbocycles. The molecule has 0 bridgehead atoms. The molecule has 0 spiro atoms. The van der Waals surface area contributed by atoms with E-state index in [0.29, 0.717) is 38.2 Å². The summed E-state index contributed by atoms with van der Waals surface area (Å²) in [6.45, 7) is 1.25. The lowest BCUT2D eigenvalue weighted by atomic mass is 10.1. The van der Waals surface area contributed by atoms with Gasteiger partial charge >= 0.3 is 0 Å². The number of aromatic nitrogens is 2. The fourth-order valence-corrected chi connectivity index (χ4v) is 5.47. The van der Waals surface area contributed by atoms with Crippen LogP contribution < -0.4 is 10.1 Å². The van der Waals surface area contributed by atoms with Gasteiger partial charge in [-0.1, -0.05) is 12.1 Å². The van der Waals surface area contributed by atoms with Crippen LogP contribution in [0, 0.1) is 0 Å². The predicted molar refractivity (Wildman–Crippen MR) is 97.6 cm³/mol. The topological polar surface area (TPSA) is 93.5 Å². The van der Waals surface area contributed by atoms with Gasteiger partial charge in [0.05, 0.1) is 6.04 Å². The van der Waals surface area contributed by atoms with E-state index in [9.17, 15) is 13.2 Å². The molecule has 1 amide bonds. The average Bonchev–Trinajstić information content (AvgIpc) is 3.28. The van der Waals surface area contributed by atoms with Crippen LogP contribution in [-0.4, -0.2) is 53.6 Å². The molecule has 2 aliphatic rings. The van der Waals surface area contributed by atoms with Crippen LogP contribution in [0.1, 0.15) is 19.3 Å². The molecule has 9 heteroatoms. The molecular formula is C18H22N4O4S. The van der Waals surface area contributed by atoms with E-state index in [1.807, 2.05) is 12.3 Å². The van der Waals surface area contributed by atoms with Crippen LogP contribution in [0.3, 0.4) is 0 Å². The number of benzene rings is 1. The molecule has 0 unspecified atom stereocenters. The van der Waals surface area contributed by atoms with Crippen molar-refractivity contribution in [3.05, 3.63) is 42.7 Å². The van der Waals surface area contributed by atoms with Crippen molar-refractivity contribution in [2.75, 3.05) is 13.2 Å². The Bertz CT molecular complexity index is 913. The highest BCUT2D eigenvalue weighted by molar-refractivity contribution is 7.89. The summed E-state index contributed by atoms with van der Waals surface area (Å²) >= 11 is 0. The fraction of sp³-hybridized carbons (Fsp3) is 0.444. The molecule has 3 heterocycles.